The third-order valence-electron chi connectivity index (χ3n) is 2.81. The fourth-order valence-electron chi connectivity index (χ4n) is 1.77. The van der Waals surface area contributed by atoms with E-state index in [1.807, 2.05) is 13.8 Å². The van der Waals surface area contributed by atoms with Gasteiger partial charge < -0.3 is 22.5 Å². The zero-order valence-electron chi connectivity index (χ0n) is 12.6. The van der Waals surface area contributed by atoms with Crippen molar-refractivity contribution in [2.45, 2.75) is 59.5 Å². The van der Waals surface area contributed by atoms with Gasteiger partial charge in [0.15, 0.2) is 11.7 Å². The van der Waals surface area contributed by atoms with E-state index in [1.165, 1.54) is 6.92 Å². The summed E-state index contributed by atoms with van der Waals surface area (Å²) in [5.74, 6) is -0.0405. The Kier molecular flexibility index (Phi) is 11.4. The minimum Gasteiger partial charge on any atom is -0.370 e. The van der Waals surface area contributed by atoms with Gasteiger partial charge in [0.1, 0.15) is 0 Å². The van der Waals surface area contributed by atoms with Crippen LogP contribution in [-0.4, -0.2) is 36.3 Å². The van der Waals surface area contributed by atoms with Crippen LogP contribution in [0.25, 0.3) is 0 Å². The third kappa shape index (κ3) is 10.8. The number of hydrogen-bond acceptors (Lipinski definition) is 4. The highest BCUT2D eigenvalue weighted by atomic mass is 16.2. The van der Waals surface area contributed by atoms with Crippen LogP contribution in [0.4, 0.5) is 0 Å². The number of amides is 1. The molecule has 0 aliphatic rings. The smallest absolute Gasteiger partial charge is 0.237 e. The van der Waals surface area contributed by atoms with Crippen molar-refractivity contribution in [3.63, 3.8) is 0 Å². The maximum atomic E-state index is 11.9. The highest BCUT2D eigenvalue weighted by molar-refractivity contribution is 5.89. The summed E-state index contributed by atoms with van der Waals surface area (Å²) >= 11 is 0. The van der Waals surface area contributed by atoms with Crippen LogP contribution in [0.5, 0.6) is 0 Å². The first-order valence-corrected chi connectivity index (χ1v) is 6.85. The molecule has 0 aromatic carbocycles. The summed E-state index contributed by atoms with van der Waals surface area (Å²) in [6.45, 7) is 5.86. The Bertz CT molecular complexity index is 351. The van der Waals surface area contributed by atoms with Gasteiger partial charge in [-0.25, -0.2) is 0 Å². The molecular weight excluding hydrogens is 270 g/mol. The lowest BCUT2D eigenvalue weighted by Gasteiger charge is -2.19. The van der Waals surface area contributed by atoms with Gasteiger partial charge in [0.2, 0.25) is 5.91 Å². The average Bonchev–Trinajstić information content (AvgIpc) is 2.31. The third-order valence-corrected chi connectivity index (χ3v) is 2.81. The van der Waals surface area contributed by atoms with Crippen molar-refractivity contribution >= 4 is 17.6 Å². The molecular formula is C14H31N5O2. The van der Waals surface area contributed by atoms with E-state index in [9.17, 15) is 9.59 Å². The van der Waals surface area contributed by atoms with Crippen LogP contribution in [-0.2, 0) is 9.59 Å². The summed E-state index contributed by atoms with van der Waals surface area (Å²) < 4.78 is 0. The van der Waals surface area contributed by atoms with E-state index in [-0.39, 0.29) is 25.1 Å². The standard InChI is InChI=1S/C13H27N5O2.CH4/c1-8(2)7-10(14)12(20)18-11(9(3)19)5-4-6-17-13(15)16;/h8,10-11H,4-7,14H2,1-3H3,(H,18,20)(H4,15,16,17);1H4. The molecule has 0 bridgehead atoms. The number of nitrogens with zero attached hydrogens (tertiary/aromatic N) is 1. The van der Waals surface area contributed by atoms with Crippen molar-refractivity contribution in [2.24, 2.45) is 28.1 Å². The summed E-state index contributed by atoms with van der Waals surface area (Å²) in [4.78, 5) is 27.2. The van der Waals surface area contributed by atoms with Gasteiger partial charge >= 0.3 is 0 Å². The molecule has 0 aliphatic carbocycles. The largest absolute Gasteiger partial charge is 0.370 e. The van der Waals surface area contributed by atoms with Crippen molar-refractivity contribution in [2.75, 3.05) is 6.54 Å². The molecule has 1 amide bonds. The number of hydrogen-bond donors (Lipinski definition) is 4. The molecule has 0 aromatic rings. The summed E-state index contributed by atoms with van der Waals surface area (Å²) in [7, 11) is 0. The highest BCUT2D eigenvalue weighted by Gasteiger charge is 2.21. The Morgan fingerprint density at radius 3 is 2.24 bits per heavy atom. The van der Waals surface area contributed by atoms with Crippen molar-refractivity contribution in [3.05, 3.63) is 0 Å². The molecule has 124 valence electrons. The maximum absolute atomic E-state index is 11.9. The van der Waals surface area contributed by atoms with Crippen LogP contribution in [0.3, 0.4) is 0 Å². The van der Waals surface area contributed by atoms with Gasteiger partial charge in [-0.3, -0.25) is 14.6 Å². The van der Waals surface area contributed by atoms with E-state index in [2.05, 4.69) is 10.3 Å². The first-order valence-electron chi connectivity index (χ1n) is 6.85. The zero-order chi connectivity index (χ0) is 15.7. The number of carbonyl (C=O) groups excluding carboxylic acids is 2. The molecule has 0 heterocycles. The number of aliphatic imine (C=N–C) groups is 1. The molecule has 0 aromatic heterocycles. The second-order valence-electron chi connectivity index (χ2n) is 5.36. The molecule has 0 aliphatic heterocycles. The van der Waals surface area contributed by atoms with E-state index in [4.69, 9.17) is 17.2 Å². The lowest BCUT2D eigenvalue weighted by atomic mass is 10.0. The van der Waals surface area contributed by atoms with Crippen LogP contribution in [0, 0.1) is 5.92 Å². The van der Waals surface area contributed by atoms with E-state index in [0.29, 0.717) is 31.7 Å². The molecule has 0 radical (unpaired) electrons. The molecule has 0 rings (SSSR count). The van der Waals surface area contributed by atoms with Crippen LogP contribution >= 0.6 is 0 Å². The Hall–Kier alpha value is -1.63. The molecule has 0 spiro atoms. The first-order chi connectivity index (χ1) is 9.23. The van der Waals surface area contributed by atoms with Crippen LogP contribution in [0.2, 0.25) is 0 Å². The van der Waals surface area contributed by atoms with Crippen molar-refractivity contribution in [3.8, 4) is 0 Å². The minimum atomic E-state index is -0.588. The number of nitrogens with two attached hydrogens (primary N) is 3. The van der Waals surface area contributed by atoms with Gasteiger partial charge in [0.05, 0.1) is 12.1 Å². The molecule has 0 fully saturated rings. The van der Waals surface area contributed by atoms with Gasteiger partial charge in [-0.1, -0.05) is 21.3 Å². The Balaban J connectivity index is 0. The summed E-state index contributed by atoms with van der Waals surface area (Å²) in [6, 6.07) is -1.12. The highest BCUT2D eigenvalue weighted by Crippen LogP contribution is 2.05. The molecule has 2 atom stereocenters. The van der Waals surface area contributed by atoms with Crippen molar-refractivity contribution in [1.29, 1.82) is 0 Å². The van der Waals surface area contributed by atoms with E-state index >= 15 is 0 Å². The maximum Gasteiger partial charge on any atom is 0.237 e. The van der Waals surface area contributed by atoms with Gasteiger partial charge in [-0.05, 0) is 32.1 Å². The minimum absolute atomic E-state index is 0. The van der Waals surface area contributed by atoms with E-state index < -0.39 is 12.1 Å². The number of nitrogens with one attached hydrogen (secondary N) is 1. The Morgan fingerprint density at radius 1 is 1.24 bits per heavy atom. The molecule has 7 heteroatoms. The first kappa shape index (κ1) is 21.7. The summed E-state index contributed by atoms with van der Waals surface area (Å²) in [5.41, 5.74) is 16.2. The molecule has 7 nitrogen and oxygen atoms in total. The number of guanidine groups is 1. The number of rotatable bonds is 9. The van der Waals surface area contributed by atoms with Gasteiger partial charge in [-0.2, -0.15) is 0 Å². The molecule has 7 N–H and O–H groups in total. The van der Waals surface area contributed by atoms with E-state index in [0.717, 1.165) is 0 Å². The number of carbonyl (C=O) groups is 2. The van der Waals surface area contributed by atoms with Gasteiger partial charge in [-0.15, -0.1) is 0 Å². The zero-order valence-corrected chi connectivity index (χ0v) is 12.6. The van der Waals surface area contributed by atoms with Gasteiger partial charge in [0.25, 0.3) is 0 Å². The quantitative estimate of drug-likeness (QED) is 0.272. The molecule has 21 heavy (non-hydrogen) atoms. The molecule has 0 saturated heterocycles. The van der Waals surface area contributed by atoms with Crippen LogP contribution in [0.15, 0.2) is 4.99 Å². The average molecular weight is 301 g/mol. The topological polar surface area (TPSA) is 137 Å². The SMILES string of the molecule is C.CC(=O)C(CCCN=C(N)N)NC(=O)C(N)CC(C)C. The fraction of sp³-hybridized carbons (Fsp3) is 0.786. The molecule has 0 saturated carbocycles. The van der Waals surface area contributed by atoms with Crippen molar-refractivity contribution < 1.29 is 9.59 Å². The second-order valence-corrected chi connectivity index (χ2v) is 5.36. The van der Waals surface area contributed by atoms with Crippen LogP contribution < -0.4 is 22.5 Å². The summed E-state index contributed by atoms with van der Waals surface area (Å²) in [5, 5.41) is 2.69. The monoisotopic (exact) mass is 301 g/mol. The normalized spacial score (nSPS) is 13.0. The lowest BCUT2D eigenvalue weighted by Crippen LogP contribution is -2.48. The van der Waals surface area contributed by atoms with E-state index in [1.54, 1.807) is 0 Å². The number of Topliss-reactive ketones (excluding diaryl/α,β-unsaturated/α-hetero) is 1. The lowest BCUT2D eigenvalue weighted by molar-refractivity contribution is -0.128. The van der Waals surface area contributed by atoms with Gasteiger partial charge in [0, 0.05) is 6.54 Å². The van der Waals surface area contributed by atoms with Crippen LogP contribution in [0.1, 0.15) is 47.5 Å². The van der Waals surface area contributed by atoms with Crippen molar-refractivity contribution in [1.82, 2.24) is 5.32 Å². The Morgan fingerprint density at radius 2 is 1.81 bits per heavy atom. The fourth-order valence-corrected chi connectivity index (χ4v) is 1.77. The molecule has 2 unspecified atom stereocenters. The number of ketones is 1. The summed E-state index contributed by atoms with van der Waals surface area (Å²) in [6.07, 6.45) is 1.69. The predicted molar refractivity (Wildman–Crippen MR) is 86.7 cm³/mol. The Labute approximate surface area is 127 Å². The predicted octanol–water partition coefficient (Wildman–Crippen LogP) is 0.123. The second kappa shape index (κ2) is 11.1.